The lowest BCUT2D eigenvalue weighted by atomic mass is 9.78. The minimum Gasteiger partial charge on any atom is -0.324 e. The third-order valence-corrected chi connectivity index (χ3v) is 6.74. The second-order valence-electron chi connectivity index (χ2n) is 9.22. The van der Waals surface area contributed by atoms with Crippen LogP contribution in [0, 0.1) is 11.6 Å². The molecule has 4 nitrogen and oxygen atoms in total. The minimum atomic E-state index is -0.211. The van der Waals surface area contributed by atoms with Crippen LogP contribution in [0.1, 0.15) is 47.9 Å². The number of fused-ring (bicyclic) bond motifs is 3. The predicted molar refractivity (Wildman–Crippen MR) is 141 cm³/mol. The van der Waals surface area contributed by atoms with Crippen LogP contribution in [0.4, 0.5) is 20.4 Å². The lowest BCUT2D eigenvalue weighted by molar-refractivity contribution is 0.592. The van der Waals surface area contributed by atoms with Crippen LogP contribution < -0.4 is 10.6 Å². The molecule has 0 amide bonds. The molecule has 0 spiro atoms. The van der Waals surface area contributed by atoms with Crippen molar-refractivity contribution in [3.8, 4) is 11.3 Å². The highest BCUT2D eigenvalue weighted by Crippen LogP contribution is 2.42. The van der Waals surface area contributed by atoms with Gasteiger partial charge in [-0.25, -0.2) is 18.7 Å². The van der Waals surface area contributed by atoms with Crippen LogP contribution in [0.5, 0.6) is 0 Å². The van der Waals surface area contributed by atoms with E-state index in [-0.39, 0.29) is 17.6 Å². The van der Waals surface area contributed by atoms with Crippen LogP contribution in [-0.2, 0) is 12.8 Å². The van der Waals surface area contributed by atoms with Crippen molar-refractivity contribution in [2.24, 2.45) is 0 Å². The van der Waals surface area contributed by atoms with E-state index in [1.165, 1.54) is 12.1 Å². The van der Waals surface area contributed by atoms with Gasteiger partial charge in [-0.1, -0.05) is 55.8 Å². The number of benzene rings is 3. The first kappa shape index (κ1) is 24.1. The molecule has 2 N–H and O–H groups in total. The summed E-state index contributed by atoms with van der Waals surface area (Å²) in [5.74, 6) is -0.0561. The van der Waals surface area contributed by atoms with E-state index >= 15 is 0 Å². The van der Waals surface area contributed by atoms with E-state index in [1.54, 1.807) is 12.1 Å². The van der Waals surface area contributed by atoms with Crippen molar-refractivity contribution in [1.82, 2.24) is 15.3 Å². The fraction of sp³-hybridized carbons (Fsp3) is 0.267. The summed E-state index contributed by atoms with van der Waals surface area (Å²) in [6.45, 7) is 3.83. The van der Waals surface area contributed by atoms with Gasteiger partial charge in [0.25, 0.3) is 0 Å². The summed E-state index contributed by atoms with van der Waals surface area (Å²) in [7, 11) is 0. The summed E-state index contributed by atoms with van der Waals surface area (Å²) in [6, 6.07) is 20.0. The molecular weight excluding hydrogens is 454 g/mol. The van der Waals surface area contributed by atoms with Gasteiger partial charge in [0.15, 0.2) is 0 Å². The number of anilines is 2. The van der Waals surface area contributed by atoms with Crippen LogP contribution >= 0.6 is 0 Å². The normalized spacial score (nSPS) is 14.2. The fourth-order valence-electron chi connectivity index (χ4n) is 4.85. The van der Waals surface area contributed by atoms with Crippen molar-refractivity contribution in [1.29, 1.82) is 0 Å². The van der Waals surface area contributed by atoms with Crippen molar-refractivity contribution in [2.75, 3.05) is 18.4 Å². The van der Waals surface area contributed by atoms with Gasteiger partial charge >= 0.3 is 0 Å². The van der Waals surface area contributed by atoms with Gasteiger partial charge in [-0.3, -0.25) is 0 Å². The average Bonchev–Trinajstić information content (AvgIpc) is 2.90. The van der Waals surface area contributed by atoms with Gasteiger partial charge in [-0.15, -0.1) is 0 Å². The van der Waals surface area contributed by atoms with Crippen LogP contribution in [0.15, 0.2) is 72.9 Å². The Hall–Kier alpha value is -3.64. The summed E-state index contributed by atoms with van der Waals surface area (Å²) < 4.78 is 29.0. The van der Waals surface area contributed by atoms with Crippen molar-refractivity contribution < 1.29 is 8.78 Å². The largest absolute Gasteiger partial charge is 0.324 e. The molecule has 1 aliphatic carbocycles. The molecule has 0 saturated heterocycles. The number of hydrogen-bond donors (Lipinski definition) is 2. The van der Waals surface area contributed by atoms with E-state index in [1.807, 2.05) is 48.7 Å². The molecule has 0 bridgehead atoms. The van der Waals surface area contributed by atoms with E-state index in [4.69, 9.17) is 4.98 Å². The van der Waals surface area contributed by atoms with Gasteiger partial charge in [-0.05, 0) is 78.9 Å². The molecule has 4 aromatic rings. The predicted octanol–water partition coefficient (Wildman–Crippen LogP) is 6.79. The highest BCUT2D eigenvalue weighted by Gasteiger charge is 2.29. The SMILES string of the molecule is CCCCNCCc1cc(Nc2ncc3c(n2)-c2ccccc2[C@H](c2ccccc2F)C3)ccc1F. The number of rotatable bonds is 9. The maximum absolute atomic E-state index is 14.7. The maximum atomic E-state index is 14.7. The molecule has 1 heterocycles. The third kappa shape index (κ3) is 5.14. The molecule has 6 heteroatoms. The highest BCUT2D eigenvalue weighted by atomic mass is 19.1. The second kappa shape index (κ2) is 11.0. The van der Waals surface area contributed by atoms with Crippen molar-refractivity contribution in [3.63, 3.8) is 0 Å². The number of unbranched alkanes of at least 4 members (excludes halogenated alkanes) is 1. The molecule has 0 aliphatic heterocycles. The Labute approximate surface area is 210 Å². The summed E-state index contributed by atoms with van der Waals surface area (Å²) in [5, 5.41) is 6.60. The zero-order chi connectivity index (χ0) is 24.9. The quantitative estimate of drug-likeness (QED) is 0.257. The van der Waals surface area contributed by atoms with Crippen LogP contribution in [0.25, 0.3) is 11.3 Å². The van der Waals surface area contributed by atoms with E-state index in [2.05, 4.69) is 22.5 Å². The Morgan fingerprint density at radius 1 is 0.917 bits per heavy atom. The number of halogens is 2. The smallest absolute Gasteiger partial charge is 0.227 e. The summed E-state index contributed by atoms with van der Waals surface area (Å²) in [6.07, 6.45) is 5.30. The average molecular weight is 485 g/mol. The summed E-state index contributed by atoms with van der Waals surface area (Å²) >= 11 is 0. The van der Waals surface area contributed by atoms with Gasteiger partial charge in [0.1, 0.15) is 11.6 Å². The van der Waals surface area contributed by atoms with Crippen molar-refractivity contribution in [2.45, 2.75) is 38.5 Å². The highest BCUT2D eigenvalue weighted by molar-refractivity contribution is 5.73. The van der Waals surface area contributed by atoms with Gasteiger partial charge in [0.05, 0.1) is 5.69 Å². The number of aromatic nitrogens is 2. The molecule has 3 aromatic carbocycles. The zero-order valence-corrected chi connectivity index (χ0v) is 20.4. The molecule has 0 saturated carbocycles. The Kier molecular flexibility index (Phi) is 7.33. The Morgan fingerprint density at radius 2 is 1.72 bits per heavy atom. The first-order valence-electron chi connectivity index (χ1n) is 12.6. The maximum Gasteiger partial charge on any atom is 0.227 e. The molecular formula is C30H30F2N4. The summed E-state index contributed by atoms with van der Waals surface area (Å²) in [4.78, 5) is 9.36. The molecule has 184 valence electrons. The topological polar surface area (TPSA) is 49.8 Å². The van der Waals surface area contributed by atoms with E-state index in [0.717, 1.165) is 54.0 Å². The first-order chi connectivity index (χ1) is 17.6. The van der Waals surface area contributed by atoms with E-state index in [0.29, 0.717) is 29.9 Å². The molecule has 0 radical (unpaired) electrons. The Bertz CT molecular complexity index is 1350. The van der Waals surface area contributed by atoms with E-state index < -0.39 is 0 Å². The molecule has 0 unspecified atom stereocenters. The van der Waals surface area contributed by atoms with Crippen molar-refractivity contribution >= 4 is 11.6 Å². The van der Waals surface area contributed by atoms with E-state index in [9.17, 15) is 8.78 Å². The van der Waals surface area contributed by atoms with Gasteiger partial charge in [0.2, 0.25) is 5.95 Å². The molecule has 5 rings (SSSR count). The number of nitrogens with one attached hydrogen (secondary N) is 2. The minimum absolute atomic E-state index is 0.0945. The molecule has 36 heavy (non-hydrogen) atoms. The second-order valence-corrected chi connectivity index (χ2v) is 9.22. The third-order valence-electron chi connectivity index (χ3n) is 6.74. The zero-order valence-electron chi connectivity index (χ0n) is 20.4. The molecule has 1 atom stereocenters. The fourth-order valence-corrected chi connectivity index (χ4v) is 4.85. The van der Waals surface area contributed by atoms with Gasteiger partial charge in [0, 0.05) is 23.4 Å². The lowest BCUT2D eigenvalue weighted by Gasteiger charge is -2.27. The standard InChI is InChI=1S/C30H30F2N4/c1-2-3-15-33-16-14-20-17-22(12-13-27(20)31)35-30-34-19-21-18-26(24-9-6-7-11-28(24)32)23-8-4-5-10-25(23)29(21)36-30/h4-13,17,19,26,33H,2-3,14-16,18H2,1H3,(H,34,35,36)/t26-/m1/s1. The van der Waals surface area contributed by atoms with Crippen LogP contribution in [0.2, 0.25) is 0 Å². The van der Waals surface area contributed by atoms with Crippen molar-refractivity contribution in [3.05, 3.63) is 107 Å². The Morgan fingerprint density at radius 3 is 2.56 bits per heavy atom. The number of nitrogens with zero attached hydrogens (tertiary/aromatic N) is 2. The molecule has 1 aromatic heterocycles. The summed E-state index contributed by atoms with van der Waals surface area (Å²) in [5.41, 5.74) is 5.94. The Balaban J connectivity index is 1.39. The lowest BCUT2D eigenvalue weighted by Crippen LogP contribution is -2.18. The van der Waals surface area contributed by atoms with Gasteiger partial charge < -0.3 is 10.6 Å². The molecule has 0 fully saturated rings. The monoisotopic (exact) mass is 484 g/mol. The number of hydrogen-bond acceptors (Lipinski definition) is 4. The van der Waals surface area contributed by atoms with Gasteiger partial charge in [-0.2, -0.15) is 0 Å². The first-order valence-corrected chi connectivity index (χ1v) is 12.6. The van der Waals surface area contributed by atoms with Crippen LogP contribution in [-0.4, -0.2) is 23.1 Å². The molecule has 1 aliphatic rings. The van der Waals surface area contributed by atoms with Crippen LogP contribution in [0.3, 0.4) is 0 Å².